The molecule has 15 heavy (non-hydrogen) atoms. The highest BCUT2D eigenvalue weighted by Gasteiger charge is 1.98. The van der Waals surface area contributed by atoms with Crippen molar-refractivity contribution in [1.29, 1.82) is 0 Å². The highest BCUT2D eigenvalue weighted by atomic mass is 79.9. The maximum absolute atomic E-state index is 5.13. The predicted molar refractivity (Wildman–Crippen MR) is 64.1 cm³/mol. The number of nitrogens with two attached hydrogens (primary N) is 2. The second kappa shape index (κ2) is 5.35. The lowest BCUT2D eigenvalue weighted by molar-refractivity contribution is 0.414. The van der Waals surface area contributed by atoms with Crippen molar-refractivity contribution in [1.82, 2.24) is 0 Å². The fourth-order valence-corrected chi connectivity index (χ4v) is 1.25. The lowest BCUT2D eigenvalue weighted by atomic mass is 10.2. The van der Waals surface area contributed by atoms with Gasteiger partial charge in [0.05, 0.1) is 13.3 Å². The van der Waals surface area contributed by atoms with Gasteiger partial charge in [-0.2, -0.15) is 5.10 Å². The minimum atomic E-state index is -0.0785. The third-order valence-electron chi connectivity index (χ3n) is 1.57. The Labute approximate surface area is 95.9 Å². The van der Waals surface area contributed by atoms with E-state index in [1.165, 1.54) is 6.21 Å². The highest BCUT2D eigenvalue weighted by Crippen LogP contribution is 2.20. The van der Waals surface area contributed by atoms with Crippen molar-refractivity contribution in [3.63, 3.8) is 0 Å². The molecule has 0 unspecified atom stereocenters. The smallest absolute Gasteiger partial charge is 0.211 e. The Morgan fingerprint density at radius 2 is 2.20 bits per heavy atom. The molecule has 1 aromatic rings. The van der Waals surface area contributed by atoms with E-state index in [2.05, 4.69) is 26.1 Å². The molecule has 6 heteroatoms. The van der Waals surface area contributed by atoms with Crippen LogP contribution < -0.4 is 16.2 Å². The van der Waals surface area contributed by atoms with E-state index in [-0.39, 0.29) is 5.96 Å². The summed E-state index contributed by atoms with van der Waals surface area (Å²) in [6.45, 7) is 0. The van der Waals surface area contributed by atoms with E-state index >= 15 is 0 Å². The molecule has 0 heterocycles. The maximum Gasteiger partial charge on any atom is 0.211 e. The van der Waals surface area contributed by atoms with Gasteiger partial charge < -0.3 is 16.2 Å². The number of methoxy groups -OCH3 is 1. The summed E-state index contributed by atoms with van der Waals surface area (Å²) in [6, 6.07) is 5.51. The zero-order valence-corrected chi connectivity index (χ0v) is 9.73. The molecule has 0 saturated heterocycles. The standard InChI is InChI=1S/C9H11BrN4O/c1-15-7-2-3-8(10)6(4-7)5-13-14-9(11)12/h2-5H,1H3,(H4,11,12,14)/b13-5+. The number of halogens is 1. The fraction of sp³-hybridized carbons (Fsp3) is 0.111. The molecular weight excluding hydrogens is 260 g/mol. The van der Waals surface area contributed by atoms with Gasteiger partial charge in [0.25, 0.3) is 0 Å². The molecule has 5 nitrogen and oxygen atoms in total. The van der Waals surface area contributed by atoms with Gasteiger partial charge in [-0.1, -0.05) is 15.9 Å². The monoisotopic (exact) mass is 270 g/mol. The summed E-state index contributed by atoms with van der Waals surface area (Å²) >= 11 is 3.37. The van der Waals surface area contributed by atoms with Gasteiger partial charge in [-0.3, -0.25) is 0 Å². The summed E-state index contributed by atoms with van der Waals surface area (Å²) in [5, 5.41) is 7.20. The maximum atomic E-state index is 5.13. The summed E-state index contributed by atoms with van der Waals surface area (Å²) in [7, 11) is 1.60. The van der Waals surface area contributed by atoms with E-state index in [0.29, 0.717) is 0 Å². The molecule has 0 aliphatic rings. The molecule has 0 aromatic heterocycles. The molecule has 80 valence electrons. The van der Waals surface area contributed by atoms with Crippen molar-refractivity contribution in [2.45, 2.75) is 0 Å². The second-order valence-electron chi connectivity index (χ2n) is 2.66. The quantitative estimate of drug-likeness (QED) is 0.489. The number of hydrogen-bond donors (Lipinski definition) is 2. The first-order valence-electron chi connectivity index (χ1n) is 4.09. The third kappa shape index (κ3) is 3.59. The van der Waals surface area contributed by atoms with Crippen molar-refractivity contribution >= 4 is 28.1 Å². The first-order chi connectivity index (χ1) is 7.13. The lowest BCUT2D eigenvalue weighted by Crippen LogP contribution is -2.21. The van der Waals surface area contributed by atoms with Crippen molar-refractivity contribution in [2.24, 2.45) is 21.7 Å². The van der Waals surface area contributed by atoms with Gasteiger partial charge in [0, 0.05) is 10.0 Å². The van der Waals surface area contributed by atoms with Crippen molar-refractivity contribution in [3.05, 3.63) is 28.2 Å². The number of benzene rings is 1. The van der Waals surface area contributed by atoms with E-state index in [0.717, 1.165) is 15.8 Å². The summed E-state index contributed by atoms with van der Waals surface area (Å²) in [4.78, 5) is 0. The first-order valence-corrected chi connectivity index (χ1v) is 4.88. The number of guanidine groups is 1. The van der Waals surface area contributed by atoms with Gasteiger partial charge in [-0.25, -0.2) is 0 Å². The van der Waals surface area contributed by atoms with Gasteiger partial charge in [0.15, 0.2) is 0 Å². The van der Waals surface area contributed by atoms with E-state index in [1.807, 2.05) is 18.2 Å². The van der Waals surface area contributed by atoms with Gasteiger partial charge in [-0.15, -0.1) is 5.10 Å². The molecule has 0 fully saturated rings. The Bertz CT molecular complexity index is 399. The first kappa shape index (κ1) is 11.5. The lowest BCUT2D eigenvalue weighted by Gasteiger charge is -2.01. The van der Waals surface area contributed by atoms with Crippen LogP contribution in [0.2, 0.25) is 0 Å². The molecule has 0 radical (unpaired) electrons. The van der Waals surface area contributed by atoms with Gasteiger partial charge in [0.1, 0.15) is 5.75 Å². The average molecular weight is 271 g/mol. The van der Waals surface area contributed by atoms with Gasteiger partial charge in [-0.05, 0) is 18.2 Å². The van der Waals surface area contributed by atoms with Crippen LogP contribution in [0.3, 0.4) is 0 Å². The average Bonchev–Trinajstić information content (AvgIpc) is 2.20. The highest BCUT2D eigenvalue weighted by molar-refractivity contribution is 9.10. The third-order valence-corrected chi connectivity index (χ3v) is 2.30. The van der Waals surface area contributed by atoms with Crippen LogP contribution >= 0.6 is 15.9 Å². The Balaban J connectivity index is 2.93. The van der Waals surface area contributed by atoms with Crippen LogP contribution in [-0.2, 0) is 0 Å². The zero-order chi connectivity index (χ0) is 11.3. The summed E-state index contributed by atoms with van der Waals surface area (Å²) in [5.41, 5.74) is 11.1. The summed E-state index contributed by atoms with van der Waals surface area (Å²) < 4.78 is 5.96. The minimum Gasteiger partial charge on any atom is -0.497 e. The molecule has 0 saturated carbocycles. The Morgan fingerprint density at radius 3 is 2.80 bits per heavy atom. The van der Waals surface area contributed by atoms with Crippen molar-refractivity contribution < 1.29 is 4.74 Å². The van der Waals surface area contributed by atoms with Crippen molar-refractivity contribution in [3.8, 4) is 5.75 Å². The zero-order valence-electron chi connectivity index (χ0n) is 8.14. The van der Waals surface area contributed by atoms with Crippen LogP contribution in [0.5, 0.6) is 5.75 Å². The Kier molecular flexibility index (Phi) is 4.11. The predicted octanol–water partition coefficient (Wildman–Crippen LogP) is 1.07. The molecule has 0 amide bonds. The molecule has 0 aliphatic heterocycles. The number of ether oxygens (including phenoxy) is 1. The summed E-state index contributed by atoms with van der Waals surface area (Å²) in [5.74, 6) is 0.662. The van der Waals surface area contributed by atoms with Crippen LogP contribution in [0.1, 0.15) is 5.56 Å². The largest absolute Gasteiger partial charge is 0.497 e. The SMILES string of the molecule is COc1ccc(Br)c(/C=N/N=C(N)N)c1. The van der Waals surface area contributed by atoms with Gasteiger partial charge >= 0.3 is 0 Å². The molecule has 0 spiro atoms. The molecule has 0 aliphatic carbocycles. The van der Waals surface area contributed by atoms with Crippen LogP contribution in [0, 0.1) is 0 Å². The van der Waals surface area contributed by atoms with E-state index < -0.39 is 0 Å². The number of hydrogen-bond acceptors (Lipinski definition) is 3. The minimum absolute atomic E-state index is 0.0785. The van der Waals surface area contributed by atoms with Crippen LogP contribution in [0.4, 0.5) is 0 Å². The van der Waals surface area contributed by atoms with Crippen LogP contribution in [0.15, 0.2) is 32.9 Å². The number of nitrogens with zero attached hydrogens (tertiary/aromatic N) is 2. The fourth-order valence-electron chi connectivity index (χ4n) is 0.905. The van der Waals surface area contributed by atoms with Crippen LogP contribution in [0.25, 0.3) is 0 Å². The normalized spacial score (nSPS) is 10.3. The Morgan fingerprint density at radius 1 is 1.47 bits per heavy atom. The van der Waals surface area contributed by atoms with Gasteiger partial charge in [0.2, 0.25) is 5.96 Å². The Hall–Kier alpha value is -1.56. The molecule has 1 aromatic carbocycles. The topological polar surface area (TPSA) is 86.0 Å². The molecule has 4 N–H and O–H groups in total. The van der Waals surface area contributed by atoms with Crippen molar-refractivity contribution in [2.75, 3.05) is 7.11 Å². The number of rotatable bonds is 3. The molecule has 1 rings (SSSR count). The molecular formula is C9H11BrN4O. The summed E-state index contributed by atoms with van der Waals surface area (Å²) in [6.07, 6.45) is 1.53. The molecule has 0 bridgehead atoms. The molecule has 0 atom stereocenters. The second-order valence-corrected chi connectivity index (χ2v) is 3.51. The van der Waals surface area contributed by atoms with E-state index in [4.69, 9.17) is 16.2 Å². The van der Waals surface area contributed by atoms with Crippen LogP contribution in [-0.4, -0.2) is 19.3 Å². The van der Waals surface area contributed by atoms with E-state index in [9.17, 15) is 0 Å². The van der Waals surface area contributed by atoms with E-state index in [1.54, 1.807) is 7.11 Å².